The zero-order chi connectivity index (χ0) is 9.30. The van der Waals surface area contributed by atoms with E-state index < -0.39 is 0 Å². The molecule has 68 valence electrons. The van der Waals surface area contributed by atoms with E-state index in [0.29, 0.717) is 5.92 Å². The van der Waals surface area contributed by atoms with Crippen LogP contribution in [-0.4, -0.2) is 14.9 Å². The van der Waals surface area contributed by atoms with E-state index in [1.54, 1.807) is 10.7 Å². The summed E-state index contributed by atoms with van der Waals surface area (Å²) in [4.78, 5) is 0. The Kier molecular flexibility index (Phi) is 2.40. The van der Waals surface area contributed by atoms with Gasteiger partial charge in [-0.05, 0) is 19.8 Å². The molecule has 1 heterocycles. The largest absolute Gasteiger partial charge is 0.493 e. The second-order valence-electron chi connectivity index (χ2n) is 3.62. The summed E-state index contributed by atoms with van der Waals surface area (Å²) < 4.78 is 1.63. The van der Waals surface area contributed by atoms with Gasteiger partial charge in [-0.25, -0.2) is 4.68 Å². The number of hydrogen-bond acceptors (Lipinski definition) is 2. The summed E-state index contributed by atoms with van der Waals surface area (Å²) in [5.41, 5.74) is 0.946. The van der Waals surface area contributed by atoms with E-state index >= 15 is 0 Å². The molecule has 3 heteroatoms. The first-order chi connectivity index (χ1) is 5.52. The standard InChI is InChI=1S/C9H16N2O/c1-6(2)8-5-9(12)11(10-8)7(3)4/h5-7,12H,1-4H3. The molecule has 12 heavy (non-hydrogen) atoms. The van der Waals surface area contributed by atoms with Gasteiger partial charge in [-0.1, -0.05) is 13.8 Å². The molecule has 0 bridgehead atoms. The summed E-state index contributed by atoms with van der Waals surface area (Å²) in [5, 5.41) is 13.7. The van der Waals surface area contributed by atoms with Gasteiger partial charge in [0.25, 0.3) is 0 Å². The van der Waals surface area contributed by atoms with Crippen molar-refractivity contribution in [2.24, 2.45) is 0 Å². The Bertz CT molecular complexity index is 263. The zero-order valence-electron chi connectivity index (χ0n) is 8.07. The van der Waals surface area contributed by atoms with Gasteiger partial charge >= 0.3 is 0 Å². The first-order valence-corrected chi connectivity index (χ1v) is 4.30. The first-order valence-electron chi connectivity index (χ1n) is 4.30. The van der Waals surface area contributed by atoms with E-state index in [-0.39, 0.29) is 11.9 Å². The highest BCUT2D eigenvalue weighted by molar-refractivity contribution is 5.17. The lowest BCUT2D eigenvalue weighted by molar-refractivity contribution is 0.376. The SMILES string of the molecule is CC(C)c1cc(O)n(C(C)C)n1. The summed E-state index contributed by atoms with van der Waals surface area (Å²) in [6.45, 7) is 8.12. The fourth-order valence-corrected chi connectivity index (χ4v) is 1.07. The normalized spacial score (nSPS) is 11.5. The fraction of sp³-hybridized carbons (Fsp3) is 0.667. The third-order valence-electron chi connectivity index (χ3n) is 1.82. The topological polar surface area (TPSA) is 38.0 Å². The molecule has 0 aromatic carbocycles. The fourth-order valence-electron chi connectivity index (χ4n) is 1.07. The van der Waals surface area contributed by atoms with Crippen molar-refractivity contribution in [3.8, 4) is 5.88 Å². The van der Waals surface area contributed by atoms with Crippen LogP contribution in [0.15, 0.2) is 6.07 Å². The monoisotopic (exact) mass is 168 g/mol. The van der Waals surface area contributed by atoms with Gasteiger partial charge in [-0.15, -0.1) is 0 Å². The first kappa shape index (κ1) is 9.10. The van der Waals surface area contributed by atoms with Gasteiger partial charge in [0.15, 0.2) is 0 Å². The van der Waals surface area contributed by atoms with Gasteiger partial charge < -0.3 is 5.11 Å². The van der Waals surface area contributed by atoms with Crippen molar-refractivity contribution in [3.63, 3.8) is 0 Å². The molecular weight excluding hydrogens is 152 g/mol. The van der Waals surface area contributed by atoms with Gasteiger partial charge in [0, 0.05) is 6.07 Å². The lowest BCUT2D eigenvalue weighted by Crippen LogP contribution is -2.03. The van der Waals surface area contributed by atoms with Crippen LogP contribution in [0, 0.1) is 0 Å². The Morgan fingerprint density at radius 2 is 1.92 bits per heavy atom. The Morgan fingerprint density at radius 3 is 2.17 bits per heavy atom. The maximum Gasteiger partial charge on any atom is 0.209 e. The minimum Gasteiger partial charge on any atom is -0.493 e. The van der Waals surface area contributed by atoms with E-state index in [4.69, 9.17) is 0 Å². The van der Waals surface area contributed by atoms with Crippen molar-refractivity contribution in [3.05, 3.63) is 11.8 Å². The number of nitrogens with zero attached hydrogens (tertiary/aromatic N) is 2. The minimum atomic E-state index is 0.220. The van der Waals surface area contributed by atoms with Crippen molar-refractivity contribution in [1.29, 1.82) is 0 Å². The average molecular weight is 168 g/mol. The summed E-state index contributed by atoms with van der Waals surface area (Å²) in [5.74, 6) is 0.629. The van der Waals surface area contributed by atoms with Crippen LogP contribution in [0.3, 0.4) is 0 Å². The molecule has 0 saturated heterocycles. The van der Waals surface area contributed by atoms with Gasteiger partial charge in [0.2, 0.25) is 5.88 Å². The van der Waals surface area contributed by atoms with Crippen molar-refractivity contribution in [2.45, 2.75) is 39.7 Å². The van der Waals surface area contributed by atoms with Gasteiger partial charge in [-0.3, -0.25) is 0 Å². The predicted octanol–water partition coefficient (Wildman–Crippen LogP) is 2.29. The highest BCUT2D eigenvalue weighted by Gasteiger charge is 2.10. The molecule has 1 aromatic rings. The van der Waals surface area contributed by atoms with E-state index in [1.165, 1.54) is 0 Å². The molecule has 3 nitrogen and oxygen atoms in total. The number of aromatic nitrogens is 2. The summed E-state index contributed by atoms with van der Waals surface area (Å²) in [6, 6.07) is 1.95. The molecule has 0 aliphatic rings. The van der Waals surface area contributed by atoms with E-state index in [0.717, 1.165) is 5.69 Å². The predicted molar refractivity (Wildman–Crippen MR) is 48.4 cm³/mol. The molecule has 0 aliphatic carbocycles. The highest BCUT2D eigenvalue weighted by atomic mass is 16.3. The highest BCUT2D eigenvalue weighted by Crippen LogP contribution is 2.21. The third kappa shape index (κ3) is 1.60. The minimum absolute atomic E-state index is 0.220. The molecule has 1 N–H and O–H groups in total. The second-order valence-corrected chi connectivity index (χ2v) is 3.62. The number of rotatable bonds is 2. The van der Waals surface area contributed by atoms with Crippen LogP contribution in [0.5, 0.6) is 5.88 Å². The molecule has 0 spiro atoms. The van der Waals surface area contributed by atoms with Crippen molar-refractivity contribution < 1.29 is 5.11 Å². The maximum absolute atomic E-state index is 9.45. The Morgan fingerprint density at radius 1 is 1.33 bits per heavy atom. The third-order valence-corrected chi connectivity index (χ3v) is 1.82. The molecule has 0 radical (unpaired) electrons. The molecule has 0 saturated carbocycles. The molecule has 0 aliphatic heterocycles. The van der Waals surface area contributed by atoms with Crippen LogP contribution < -0.4 is 0 Å². The van der Waals surface area contributed by atoms with Gasteiger partial charge in [0.1, 0.15) is 0 Å². The summed E-state index contributed by atoms with van der Waals surface area (Å²) >= 11 is 0. The van der Waals surface area contributed by atoms with Crippen molar-refractivity contribution >= 4 is 0 Å². The van der Waals surface area contributed by atoms with Crippen LogP contribution in [0.1, 0.15) is 45.3 Å². The second kappa shape index (κ2) is 3.17. The molecule has 1 rings (SSSR count). The molecule has 0 unspecified atom stereocenters. The maximum atomic E-state index is 9.45. The quantitative estimate of drug-likeness (QED) is 0.735. The molecule has 1 aromatic heterocycles. The number of hydrogen-bond donors (Lipinski definition) is 1. The van der Waals surface area contributed by atoms with Crippen LogP contribution in [-0.2, 0) is 0 Å². The van der Waals surface area contributed by atoms with Crippen LogP contribution in [0.2, 0.25) is 0 Å². The smallest absolute Gasteiger partial charge is 0.209 e. The van der Waals surface area contributed by atoms with Crippen LogP contribution in [0.4, 0.5) is 0 Å². The van der Waals surface area contributed by atoms with E-state index in [1.807, 2.05) is 13.8 Å². The molecule has 0 fully saturated rings. The average Bonchev–Trinajstić information content (AvgIpc) is 2.30. The van der Waals surface area contributed by atoms with E-state index in [9.17, 15) is 5.11 Å². The lowest BCUT2D eigenvalue weighted by Gasteiger charge is -2.05. The number of aromatic hydroxyl groups is 1. The Hall–Kier alpha value is -0.990. The van der Waals surface area contributed by atoms with E-state index in [2.05, 4.69) is 18.9 Å². The molecule has 0 amide bonds. The zero-order valence-corrected chi connectivity index (χ0v) is 8.07. The Balaban J connectivity index is 3.00. The van der Waals surface area contributed by atoms with Gasteiger partial charge in [0.05, 0.1) is 11.7 Å². The molecule has 0 atom stereocenters. The van der Waals surface area contributed by atoms with Gasteiger partial charge in [-0.2, -0.15) is 5.10 Å². The van der Waals surface area contributed by atoms with Crippen molar-refractivity contribution in [1.82, 2.24) is 9.78 Å². The van der Waals surface area contributed by atoms with Crippen molar-refractivity contribution in [2.75, 3.05) is 0 Å². The Labute approximate surface area is 73.0 Å². The van der Waals surface area contributed by atoms with Crippen LogP contribution in [0.25, 0.3) is 0 Å². The van der Waals surface area contributed by atoms with Crippen LogP contribution >= 0.6 is 0 Å². The molecular formula is C9H16N2O. The lowest BCUT2D eigenvalue weighted by atomic mass is 10.1. The summed E-state index contributed by atoms with van der Waals surface area (Å²) in [7, 11) is 0. The summed E-state index contributed by atoms with van der Waals surface area (Å²) in [6.07, 6.45) is 0.